The van der Waals surface area contributed by atoms with Crippen molar-refractivity contribution in [3.05, 3.63) is 29.8 Å². The van der Waals surface area contributed by atoms with Crippen LogP contribution in [-0.4, -0.2) is 17.5 Å². The van der Waals surface area contributed by atoms with Crippen LogP contribution in [-0.2, 0) is 0 Å². The van der Waals surface area contributed by atoms with E-state index in [-0.39, 0.29) is 5.25 Å². The van der Waals surface area contributed by atoms with Crippen LogP contribution in [0.4, 0.5) is 0 Å². The van der Waals surface area contributed by atoms with E-state index >= 15 is 0 Å². The molecule has 2 atom stereocenters. The van der Waals surface area contributed by atoms with Crippen LogP contribution in [0.25, 0.3) is 0 Å². The zero-order valence-electron chi connectivity index (χ0n) is 7.77. The fourth-order valence-corrected chi connectivity index (χ4v) is 1.33. The molecular weight excluding hydrogens is 184 g/mol. The molecule has 3 heteroatoms. The highest BCUT2D eigenvalue weighted by atomic mass is 32.1. The minimum absolute atomic E-state index is 0.101. The largest absolute Gasteiger partial charge is 0.496 e. The van der Waals surface area contributed by atoms with Gasteiger partial charge in [-0.2, -0.15) is 12.6 Å². The van der Waals surface area contributed by atoms with Gasteiger partial charge in [-0.25, -0.2) is 0 Å². The standard InChI is InChI=1S/C10H14O2S/c1-7(13)10(11)8-5-3-4-6-9(8)12-2/h3-7,10-11,13H,1-2H3. The molecule has 1 N–H and O–H groups in total. The van der Waals surface area contributed by atoms with Gasteiger partial charge in [0.1, 0.15) is 5.75 Å². The van der Waals surface area contributed by atoms with E-state index < -0.39 is 6.10 Å². The zero-order chi connectivity index (χ0) is 9.84. The van der Waals surface area contributed by atoms with Crippen LogP contribution in [0.5, 0.6) is 5.75 Å². The first-order chi connectivity index (χ1) is 6.16. The maximum Gasteiger partial charge on any atom is 0.124 e. The first-order valence-corrected chi connectivity index (χ1v) is 4.67. The smallest absolute Gasteiger partial charge is 0.124 e. The number of methoxy groups -OCH3 is 1. The number of aliphatic hydroxyl groups is 1. The van der Waals surface area contributed by atoms with Crippen molar-refractivity contribution in [2.24, 2.45) is 0 Å². The van der Waals surface area contributed by atoms with Gasteiger partial charge in [-0.15, -0.1) is 0 Å². The van der Waals surface area contributed by atoms with Gasteiger partial charge in [0.15, 0.2) is 0 Å². The number of hydrogen-bond acceptors (Lipinski definition) is 3. The van der Waals surface area contributed by atoms with E-state index in [1.165, 1.54) is 0 Å². The lowest BCUT2D eigenvalue weighted by molar-refractivity contribution is 0.175. The number of ether oxygens (including phenoxy) is 1. The molecule has 0 heterocycles. The molecule has 72 valence electrons. The minimum Gasteiger partial charge on any atom is -0.496 e. The Morgan fingerprint density at radius 3 is 2.54 bits per heavy atom. The summed E-state index contributed by atoms with van der Waals surface area (Å²) in [5.74, 6) is 0.705. The monoisotopic (exact) mass is 198 g/mol. The Hall–Kier alpha value is -0.670. The Morgan fingerprint density at radius 1 is 1.38 bits per heavy atom. The molecule has 0 radical (unpaired) electrons. The van der Waals surface area contributed by atoms with Crippen LogP contribution >= 0.6 is 12.6 Å². The molecule has 0 aromatic heterocycles. The Morgan fingerprint density at radius 2 is 2.00 bits per heavy atom. The summed E-state index contributed by atoms with van der Waals surface area (Å²) in [6.45, 7) is 1.85. The van der Waals surface area contributed by atoms with Crippen LogP contribution in [0.1, 0.15) is 18.6 Å². The minimum atomic E-state index is -0.584. The molecule has 1 aromatic rings. The van der Waals surface area contributed by atoms with Crippen molar-refractivity contribution < 1.29 is 9.84 Å². The van der Waals surface area contributed by atoms with E-state index in [9.17, 15) is 5.11 Å². The summed E-state index contributed by atoms with van der Waals surface area (Å²) in [4.78, 5) is 0. The molecule has 13 heavy (non-hydrogen) atoms. The van der Waals surface area contributed by atoms with Gasteiger partial charge in [-0.1, -0.05) is 25.1 Å². The highest BCUT2D eigenvalue weighted by Gasteiger charge is 2.16. The predicted octanol–water partition coefficient (Wildman–Crippen LogP) is 2.05. The Labute approximate surface area is 84.0 Å². The lowest BCUT2D eigenvalue weighted by Crippen LogP contribution is -2.09. The molecule has 1 rings (SSSR count). The summed E-state index contributed by atoms with van der Waals surface area (Å²) >= 11 is 4.18. The average molecular weight is 198 g/mol. The Kier molecular flexibility index (Phi) is 3.63. The summed E-state index contributed by atoms with van der Waals surface area (Å²) in [6.07, 6.45) is -0.584. The second-order valence-electron chi connectivity index (χ2n) is 2.93. The summed E-state index contributed by atoms with van der Waals surface area (Å²) in [5.41, 5.74) is 0.785. The summed E-state index contributed by atoms with van der Waals surface area (Å²) in [5, 5.41) is 9.65. The molecule has 0 aliphatic rings. The number of thiol groups is 1. The van der Waals surface area contributed by atoms with Crippen molar-refractivity contribution in [1.82, 2.24) is 0 Å². The fraction of sp³-hybridized carbons (Fsp3) is 0.400. The number of rotatable bonds is 3. The zero-order valence-corrected chi connectivity index (χ0v) is 8.66. The van der Waals surface area contributed by atoms with Gasteiger partial charge in [-0.3, -0.25) is 0 Å². The van der Waals surface area contributed by atoms with Crippen molar-refractivity contribution in [3.63, 3.8) is 0 Å². The van der Waals surface area contributed by atoms with Gasteiger partial charge in [0.05, 0.1) is 13.2 Å². The number of para-hydroxylation sites is 1. The number of aliphatic hydroxyl groups excluding tert-OH is 1. The van der Waals surface area contributed by atoms with E-state index in [0.717, 1.165) is 5.56 Å². The second-order valence-corrected chi connectivity index (χ2v) is 3.74. The van der Waals surface area contributed by atoms with Gasteiger partial charge < -0.3 is 9.84 Å². The summed E-state index contributed by atoms with van der Waals surface area (Å²) in [6, 6.07) is 7.42. The molecule has 0 amide bonds. The van der Waals surface area contributed by atoms with E-state index in [0.29, 0.717) is 5.75 Å². The van der Waals surface area contributed by atoms with E-state index in [1.807, 2.05) is 31.2 Å². The van der Waals surface area contributed by atoms with E-state index in [1.54, 1.807) is 7.11 Å². The van der Waals surface area contributed by atoms with Crippen molar-refractivity contribution in [2.75, 3.05) is 7.11 Å². The first-order valence-electron chi connectivity index (χ1n) is 4.16. The van der Waals surface area contributed by atoms with Crippen LogP contribution in [0, 0.1) is 0 Å². The lowest BCUT2D eigenvalue weighted by atomic mass is 10.1. The van der Waals surface area contributed by atoms with Crippen molar-refractivity contribution in [3.8, 4) is 5.75 Å². The third-order valence-corrected chi connectivity index (χ3v) is 2.20. The Balaban J connectivity index is 2.98. The van der Waals surface area contributed by atoms with Crippen LogP contribution < -0.4 is 4.74 Å². The molecular formula is C10H14O2S. The van der Waals surface area contributed by atoms with Crippen LogP contribution in [0.3, 0.4) is 0 Å². The molecule has 2 nitrogen and oxygen atoms in total. The topological polar surface area (TPSA) is 29.5 Å². The first kappa shape index (κ1) is 10.4. The van der Waals surface area contributed by atoms with Gasteiger partial charge in [0.25, 0.3) is 0 Å². The van der Waals surface area contributed by atoms with Gasteiger partial charge in [0, 0.05) is 10.8 Å². The normalized spacial score (nSPS) is 15.1. The second kappa shape index (κ2) is 4.53. The third-order valence-electron chi connectivity index (χ3n) is 1.91. The summed E-state index contributed by atoms with van der Waals surface area (Å²) < 4.78 is 5.12. The quantitative estimate of drug-likeness (QED) is 0.728. The van der Waals surface area contributed by atoms with Crippen molar-refractivity contribution >= 4 is 12.6 Å². The van der Waals surface area contributed by atoms with E-state index in [2.05, 4.69) is 12.6 Å². The van der Waals surface area contributed by atoms with Crippen LogP contribution in [0.2, 0.25) is 0 Å². The third kappa shape index (κ3) is 2.39. The molecule has 0 aliphatic carbocycles. The highest BCUT2D eigenvalue weighted by Crippen LogP contribution is 2.28. The SMILES string of the molecule is COc1ccccc1C(O)C(C)S. The highest BCUT2D eigenvalue weighted by molar-refractivity contribution is 7.80. The lowest BCUT2D eigenvalue weighted by Gasteiger charge is -2.16. The molecule has 0 saturated heterocycles. The molecule has 0 fully saturated rings. The Bertz CT molecular complexity index is 273. The van der Waals surface area contributed by atoms with Crippen molar-refractivity contribution in [1.29, 1.82) is 0 Å². The van der Waals surface area contributed by atoms with Gasteiger partial charge in [0.2, 0.25) is 0 Å². The maximum absolute atomic E-state index is 9.75. The number of benzene rings is 1. The van der Waals surface area contributed by atoms with Crippen LogP contribution in [0.15, 0.2) is 24.3 Å². The maximum atomic E-state index is 9.75. The molecule has 0 saturated carbocycles. The molecule has 2 unspecified atom stereocenters. The molecule has 0 bridgehead atoms. The van der Waals surface area contributed by atoms with E-state index in [4.69, 9.17) is 4.74 Å². The average Bonchev–Trinajstić information content (AvgIpc) is 2.16. The predicted molar refractivity (Wildman–Crippen MR) is 56.4 cm³/mol. The molecule has 0 spiro atoms. The summed E-state index contributed by atoms with van der Waals surface area (Å²) in [7, 11) is 1.59. The molecule has 0 aliphatic heterocycles. The number of hydrogen-bond donors (Lipinski definition) is 2. The van der Waals surface area contributed by atoms with Gasteiger partial charge >= 0.3 is 0 Å². The van der Waals surface area contributed by atoms with Crippen molar-refractivity contribution in [2.45, 2.75) is 18.3 Å². The van der Waals surface area contributed by atoms with Gasteiger partial charge in [-0.05, 0) is 6.07 Å². The fourth-order valence-electron chi connectivity index (χ4n) is 1.17. The molecule has 1 aromatic carbocycles.